The molecule has 2 aliphatic rings. The van der Waals surface area contributed by atoms with E-state index in [0.29, 0.717) is 19.1 Å². The second kappa shape index (κ2) is 7.81. The van der Waals surface area contributed by atoms with Crippen LogP contribution in [0.4, 0.5) is 5.69 Å². The highest BCUT2D eigenvalue weighted by Gasteiger charge is 2.41. The van der Waals surface area contributed by atoms with Crippen molar-refractivity contribution >= 4 is 5.69 Å². The van der Waals surface area contributed by atoms with Crippen LogP contribution in [-0.2, 0) is 11.2 Å². The number of ether oxygens (including phenoxy) is 3. The number of fused-ring (bicyclic) bond motifs is 3. The summed E-state index contributed by atoms with van der Waals surface area (Å²) in [6.45, 7) is 8.27. The quantitative estimate of drug-likeness (QED) is 0.753. The van der Waals surface area contributed by atoms with E-state index in [0.717, 1.165) is 30.9 Å². The molecule has 4 nitrogen and oxygen atoms in total. The van der Waals surface area contributed by atoms with Gasteiger partial charge in [0.05, 0.1) is 25.4 Å². The minimum absolute atomic E-state index is 0.167. The van der Waals surface area contributed by atoms with Crippen molar-refractivity contribution < 1.29 is 14.2 Å². The van der Waals surface area contributed by atoms with Gasteiger partial charge in [0.25, 0.3) is 0 Å². The largest absolute Gasteiger partial charge is 0.490 e. The maximum atomic E-state index is 6.18. The smallest absolute Gasteiger partial charge is 0.161 e. The van der Waals surface area contributed by atoms with E-state index in [2.05, 4.69) is 42.6 Å². The summed E-state index contributed by atoms with van der Waals surface area (Å²) in [5.41, 5.74) is 5.09. The van der Waals surface area contributed by atoms with Crippen LogP contribution in [0.2, 0.25) is 0 Å². The minimum atomic E-state index is 0.167. The van der Waals surface area contributed by atoms with Gasteiger partial charge in [0.15, 0.2) is 11.5 Å². The molecule has 1 unspecified atom stereocenters. The van der Waals surface area contributed by atoms with Crippen molar-refractivity contribution in [1.82, 2.24) is 0 Å². The Morgan fingerprint density at radius 1 is 1.00 bits per heavy atom. The topological polar surface area (TPSA) is 39.7 Å². The third-order valence-electron chi connectivity index (χ3n) is 5.63. The van der Waals surface area contributed by atoms with Gasteiger partial charge in [-0.15, -0.1) is 0 Å². The summed E-state index contributed by atoms with van der Waals surface area (Å²) in [5, 5.41) is 3.78. The Morgan fingerprint density at radius 3 is 2.59 bits per heavy atom. The lowest BCUT2D eigenvalue weighted by atomic mass is 9.80. The Kier molecular flexibility index (Phi) is 5.26. The zero-order chi connectivity index (χ0) is 18.8. The average molecular weight is 367 g/mol. The number of benzene rings is 2. The van der Waals surface area contributed by atoms with E-state index in [-0.39, 0.29) is 12.1 Å². The predicted molar refractivity (Wildman–Crippen MR) is 108 cm³/mol. The minimum Gasteiger partial charge on any atom is -0.490 e. The van der Waals surface area contributed by atoms with Gasteiger partial charge < -0.3 is 19.5 Å². The predicted octanol–water partition coefficient (Wildman–Crippen LogP) is 5.29. The van der Waals surface area contributed by atoms with E-state index in [1.165, 1.54) is 22.4 Å². The molecule has 0 aromatic heterocycles. The zero-order valence-electron chi connectivity index (χ0n) is 16.5. The number of rotatable bonds is 6. The van der Waals surface area contributed by atoms with Crippen LogP contribution in [-0.4, -0.2) is 19.8 Å². The Morgan fingerprint density at radius 2 is 1.81 bits per heavy atom. The number of nitrogens with one attached hydrogen (secondary N) is 1. The van der Waals surface area contributed by atoms with Crippen molar-refractivity contribution in [3.8, 4) is 11.5 Å². The standard InChI is InChI=1S/C23H29NO3/c1-4-15-7-9-19-18(13-15)23-17(11-12-27-23)22(24-19)16-8-10-20(25-5-2)21(14-16)26-6-3/h7-10,13-14,17,22-24H,4-6,11-12H2,1-3H3/t17-,22?,23-/m0/s1. The molecule has 0 spiro atoms. The van der Waals surface area contributed by atoms with Crippen LogP contribution in [0.25, 0.3) is 0 Å². The van der Waals surface area contributed by atoms with Gasteiger partial charge in [0, 0.05) is 23.8 Å². The third kappa shape index (κ3) is 3.39. The van der Waals surface area contributed by atoms with Crippen molar-refractivity contribution in [2.24, 2.45) is 5.92 Å². The lowest BCUT2D eigenvalue weighted by Gasteiger charge is -2.37. The molecule has 2 aromatic rings. The maximum Gasteiger partial charge on any atom is 0.161 e. The van der Waals surface area contributed by atoms with Crippen LogP contribution in [0.3, 0.4) is 0 Å². The molecule has 4 heteroatoms. The van der Waals surface area contributed by atoms with Crippen LogP contribution >= 0.6 is 0 Å². The Labute approximate surface area is 161 Å². The van der Waals surface area contributed by atoms with Crippen molar-refractivity contribution in [1.29, 1.82) is 0 Å². The second-order valence-corrected chi connectivity index (χ2v) is 7.21. The fourth-order valence-corrected chi connectivity index (χ4v) is 4.33. The van der Waals surface area contributed by atoms with E-state index >= 15 is 0 Å². The summed E-state index contributed by atoms with van der Waals surface area (Å²) >= 11 is 0. The van der Waals surface area contributed by atoms with Gasteiger partial charge in [0.1, 0.15) is 0 Å². The van der Waals surface area contributed by atoms with E-state index in [9.17, 15) is 0 Å². The molecule has 2 aliphatic heterocycles. The first-order valence-corrected chi connectivity index (χ1v) is 10.2. The highest BCUT2D eigenvalue weighted by atomic mass is 16.5. The molecule has 0 saturated carbocycles. The summed E-state index contributed by atoms with van der Waals surface area (Å²) < 4.78 is 17.8. The van der Waals surface area contributed by atoms with Gasteiger partial charge in [-0.25, -0.2) is 0 Å². The molecular formula is C23H29NO3. The molecule has 1 fully saturated rings. The van der Waals surface area contributed by atoms with Crippen molar-refractivity contribution in [2.75, 3.05) is 25.1 Å². The molecule has 27 heavy (non-hydrogen) atoms. The van der Waals surface area contributed by atoms with Gasteiger partial charge in [-0.2, -0.15) is 0 Å². The molecule has 144 valence electrons. The first-order chi connectivity index (χ1) is 13.2. The first-order valence-electron chi connectivity index (χ1n) is 10.2. The molecule has 0 bridgehead atoms. The van der Waals surface area contributed by atoms with Crippen LogP contribution in [0, 0.1) is 5.92 Å². The Balaban J connectivity index is 1.70. The summed E-state index contributed by atoms with van der Waals surface area (Å²) in [5.74, 6) is 2.06. The molecule has 0 aliphatic carbocycles. The van der Waals surface area contributed by atoms with Crippen LogP contribution in [0.1, 0.15) is 56.0 Å². The van der Waals surface area contributed by atoms with Gasteiger partial charge in [-0.1, -0.05) is 25.1 Å². The van der Waals surface area contributed by atoms with Crippen LogP contribution < -0.4 is 14.8 Å². The lowest BCUT2D eigenvalue weighted by Crippen LogP contribution is -2.29. The second-order valence-electron chi connectivity index (χ2n) is 7.21. The summed E-state index contributed by atoms with van der Waals surface area (Å²) in [6.07, 6.45) is 2.28. The molecule has 0 amide bonds. The van der Waals surface area contributed by atoms with Crippen LogP contribution in [0.5, 0.6) is 11.5 Å². The number of anilines is 1. The van der Waals surface area contributed by atoms with Gasteiger partial charge >= 0.3 is 0 Å². The van der Waals surface area contributed by atoms with Crippen molar-refractivity contribution in [3.05, 3.63) is 53.1 Å². The zero-order valence-corrected chi connectivity index (χ0v) is 16.5. The van der Waals surface area contributed by atoms with E-state index in [1.54, 1.807) is 0 Å². The van der Waals surface area contributed by atoms with Crippen LogP contribution in [0.15, 0.2) is 36.4 Å². The normalized spacial score (nSPS) is 23.3. The van der Waals surface area contributed by atoms with Gasteiger partial charge in [-0.3, -0.25) is 0 Å². The number of hydrogen-bond donors (Lipinski definition) is 1. The first kappa shape index (κ1) is 18.2. The third-order valence-corrected chi connectivity index (χ3v) is 5.63. The molecule has 4 rings (SSSR count). The molecule has 0 radical (unpaired) electrons. The summed E-state index contributed by atoms with van der Waals surface area (Å²) in [4.78, 5) is 0. The average Bonchev–Trinajstić information content (AvgIpc) is 3.19. The van der Waals surface area contributed by atoms with Crippen molar-refractivity contribution in [3.63, 3.8) is 0 Å². The molecule has 3 atom stereocenters. The van der Waals surface area contributed by atoms with E-state index in [4.69, 9.17) is 14.2 Å². The van der Waals surface area contributed by atoms with Gasteiger partial charge in [0.2, 0.25) is 0 Å². The fraction of sp³-hybridized carbons (Fsp3) is 0.478. The molecule has 2 aromatic carbocycles. The molecule has 1 saturated heterocycles. The van der Waals surface area contributed by atoms with E-state index in [1.807, 2.05) is 19.9 Å². The summed E-state index contributed by atoms with van der Waals surface area (Å²) in [7, 11) is 0. The van der Waals surface area contributed by atoms with Crippen molar-refractivity contribution in [2.45, 2.75) is 45.8 Å². The number of aryl methyl sites for hydroxylation is 1. The lowest BCUT2D eigenvalue weighted by molar-refractivity contribution is 0.0828. The number of hydrogen-bond acceptors (Lipinski definition) is 4. The molecule has 1 N–H and O–H groups in total. The van der Waals surface area contributed by atoms with E-state index < -0.39 is 0 Å². The Bertz CT molecular complexity index is 804. The monoisotopic (exact) mass is 367 g/mol. The fourth-order valence-electron chi connectivity index (χ4n) is 4.33. The highest BCUT2D eigenvalue weighted by molar-refractivity contribution is 5.59. The maximum absolute atomic E-state index is 6.18. The SMILES string of the molecule is CCOc1ccc(C2Nc3ccc(CC)cc3[C@H]3OCC[C@@H]23)cc1OCC. The Hall–Kier alpha value is -2.20. The summed E-state index contributed by atoms with van der Waals surface area (Å²) in [6, 6.07) is 13.3. The molecule has 2 heterocycles. The van der Waals surface area contributed by atoms with Gasteiger partial charge in [-0.05, 0) is 56.0 Å². The molecular weight excluding hydrogens is 338 g/mol. The highest BCUT2D eigenvalue weighted by Crippen LogP contribution is 2.50.